The van der Waals surface area contributed by atoms with Gasteiger partial charge in [-0.1, -0.05) is 23.9 Å². The van der Waals surface area contributed by atoms with Crippen molar-refractivity contribution in [2.75, 3.05) is 11.5 Å². The van der Waals surface area contributed by atoms with E-state index in [1.807, 2.05) is 6.07 Å². The molecule has 18 heavy (non-hydrogen) atoms. The van der Waals surface area contributed by atoms with Crippen molar-refractivity contribution >= 4 is 17.4 Å². The van der Waals surface area contributed by atoms with E-state index in [1.54, 1.807) is 25.2 Å². The zero-order valence-electron chi connectivity index (χ0n) is 9.83. The van der Waals surface area contributed by atoms with Gasteiger partial charge in [0.1, 0.15) is 0 Å². The first-order chi connectivity index (χ1) is 8.58. The summed E-state index contributed by atoms with van der Waals surface area (Å²) in [6.07, 6.45) is -0.648. The van der Waals surface area contributed by atoms with Gasteiger partial charge in [-0.3, -0.25) is 4.57 Å². The van der Waals surface area contributed by atoms with Gasteiger partial charge < -0.3 is 10.8 Å². The molecule has 6 nitrogen and oxygen atoms in total. The smallest absolute Gasteiger partial charge is 0.343 e. The molecule has 0 spiro atoms. The van der Waals surface area contributed by atoms with E-state index < -0.39 is 6.10 Å². The Morgan fingerprint density at radius 2 is 2.39 bits per heavy atom. The van der Waals surface area contributed by atoms with Crippen LogP contribution in [0, 0.1) is 0 Å². The van der Waals surface area contributed by atoms with E-state index in [-0.39, 0.29) is 5.69 Å². The zero-order chi connectivity index (χ0) is 13.1. The number of H-pyrrole nitrogens is 1. The highest BCUT2D eigenvalue weighted by molar-refractivity contribution is 7.99. The molecule has 0 radical (unpaired) electrons. The summed E-state index contributed by atoms with van der Waals surface area (Å²) in [6.45, 7) is 0. The number of nitrogens with zero attached hydrogens (tertiary/aromatic N) is 2. The number of nitrogens with one attached hydrogen (secondary N) is 1. The lowest BCUT2D eigenvalue weighted by Gasteiger charge is -2.10. The topological polar surface area (TPSA) is 96.9 Å². The number of anilines is 1. The highest BCUT2D eigenvalue weighted by Gasteiger charge is 2.11. The van der Waals surface area contributed by atoms with E-state index in [4.69, 9.17) is 5.73 Å². The SMILES string of the molecule is Cn1c(SCC(O)c2cccc(N)c2)n[nH]c1=O. The zero-order valence-corrected chi connectivity index (χ0v) is 10.6. The number of hydrogen-bond donors (Lipinski definition) is 3. The van der Waals surface area contributed by atoms with Gasteiger partial charge in [-0.15, -0.1) is 5.10 Å². The fraction of sp³-hybridized carbons (Fsp3) is 0.273. The molecule has 0 aliphatic rings. The van der Waals surface area contributed by atoms with Crippen LogP contribution >= 0.6 is 11.8 Å². The molecule has 4 N–H and O–H groups in total. The molecule has 2 rings (SSSR count). The second-order valence-electron chi connectivity index (χ2n) is 3.87. The van der Waals surface area contributed by atoms with Crippen molar-refractivity contribution in [2.24, 2.45) is 7.05 Å². The predicted octanol–water partition coefficient (Wildman–Crippen LogP) is 0.516. The Morgan fingerprint density at radius 3 is 3.00 bits per heavy atom. The fourth-order valence-corrected chi connectivity index (χ4v) is 2.36. The molecule has 1 aromatic carbocycles. The lowest BCUT2D eigenvalue weighted by Crippen LogP contribution is -2.13. The first kappa shape index (κ1) is 12.7. The highest BCUT2D eigenvalue weighted by atomic mass is 32.2. The Balaban J connectivity index is 2.02. The predicted molar refractivity (Wildman–Crippen MR) is 70.4 cm³/mol. The molecule has 96 valence electrons. The molecule has 2 aromatic rings. The van der Waals surface area contributed by atoms with Gasteiger partial charge in [-0.2, -0.15) is 0 Å². The van der Waals surface area contributed by atoms with Gasteiger partial charge in [0, 0.05) is 18.5 Å². The lowest BCUT2D eigenvalue weighted by atomic mass is 10.1. The molecule has 0 bridgehead atoms. The van der Waals surface area contributed by atoms with Crippen molar-refractivity contribution in [3.05, 3.63) is 40.3 Å². The van der Waals surface area contributed by atoms with Crippen LogP contribution in [-0.2, 0) is 7.05 Å². The summed E-state index contributed by atoms with van der Waals surface area (Å²) < 4.78 is 1.40. The molecular weight excluding hydrogens is 252 g/mol. The summed E-state index contributed by atoms with van der Waals surface area (Å²) in [4.78, 5) is 11.2. The summed E-state index contributed by atoms with van der Waals surface area (Å²) >= 11 is 1.31. The second-order valence-corrected chi connectivity index (χ2v) is 4.85. The number of aliphatic hydroxyl groups is 1. The number of benzene rings is 1. The van der Waals surface area contributed by atoms with Gasteiger partial charge in [-0.05, 0) is 17.7 Å². The van der Waals surface area contributed by atoms with Gasteiger partial charge in [0.15, 0.2) is 5.16 Å². The van der Waals surface area contributed by atoms with Crippen LogP contribution in [-0.4, -0.2) is 25.6 Å². The number of nitrogen functional groups attached to an aromatic ring is 1. The standard InChI is InChI=1S/C11H14N4O2S/c1-15-10(17)13-14-11(15)18-6-9(16)7-3-2-4-8(12)5-7/h2-5,9,16H,6,12H2,1H3,(H,13,17). The minimum absolute atomic E-state index is 0.268. The highest BCUT2D eigenvalue weighted by Crippen LogP contribution is 2.23. The normalized spacial score (nSPS) is 12.6. The number of aromatic amines is 1. The number of hydrogen-bond acceptors (Lipinski definition) is 5. The third-order valence-electron chi connectivity index (χ3n) is 2.50. The van der Waals surface area contributed by atoms with Crippen molar-refractivity contribution < 1.29 is 5.11 Å². The summed E-state index contributed by atoms with van der Waals surface area (Å²) in [5.74, 6) is 0.404. The minimum atomic E-state index is -0.648. The number of aromatic nitrogens is 3. The molecule has 1 unspecified atom stereocenters. The molecule has 7 heteroatoms. The molecule has 0 fully saturated rings. The Bertz CT molecular complexity index is 593. The van der Waals surface area contributed by atoms with E-state index in [2.05, 4.69) is 10.2 Å². The molecule has 1 atom stereocenters. The number of rotatable bonds is 4. The maximum Gasteiger partial charge on any atom is 0.343 e. The molecule has 0 aliphatic carbocycles. The van der Waals surface area contributed by atoms with Crippen molar-refractivity contribution in [1.82, 2.24) is 14.8 Å². The molecule has 1 aromatic heterocycles. The third kappa shape index (κ3) is 2.74. The summed E-state index contributed by atoms with van der Waals surface area (Å²) in [5.41, 5.74) is 6.75. The second kappa shape index (κ2) is 5.28. The Hall–Kier alpha value is -1.73. The maximum absolute atomic E-state index is 11.2. The van der Waals surface area contributed by atoms with E-state index in [0.29, 0.717) is 16.6 Å². The first-order valence-corrected chi connectivity index (χ1v) is 6.34. The minimum Gasteiger partial charge on any atom is -0.399 e. The number of aliphatic hydroxyl groups excluding tert-OH is 1. The van der Waals surface area contributed by atoms with E-state index in [0.717, 1.165) is 5.56 Å². The average molecular weight is 266 g/mol. The van der Waals surface area contributed by atoms with Gasteiger partial charge in [0.25, 0.3) is 0 Å². The van der Waals surface area contributed by atoms with Gasteiger partial charge in [-0.25, -0.2) is 9.89 Å². The monoisotopic (exact) mass is 266 g/mol. The van der Waals surface area contributed by atoms with Crippen LogP contribution in [0.5, 0.6) is 0 Å². The van der Waals surface area contributed by atoms with Crippen molar-refractivity contribution in [3.63, 3.8) is 0 Å². The van der Waals surface area contributed by atoms with Crippen LogP contribution in [0.15, 0.2) is 34.2 Å². The summed E-state index contributed by atoms with van der Waals surface area (Å²) in [7, 11) is 1.63. The van der Waals surface area contributed by atoms with Gasteiger partial charge in [0.05, 0.1) is 6.10 Å². The maximum atomic E-state index is 11.2. The Labute approximate surface area is 108 Å². The van der Waals surface area contributed by atoms with Crippen molar-refractivity contribution in [1.29, 1.82) is 0 Å². The Morgan fingerprint density at radius 1 is 1.61 bits per heavy atom. The molecule has 0 saturated carbocycles. The van der Waals surface area contributed by atoms with Crippen molar-refractivity contribution in [2.45, 2.75) is 11.3 Å². The molecular formula is C11H14N4O2S. The first-order valence-electron chi connectivity index (χ1n) is 5.35. The number of nitrogens with two attached hydrogens (primary N) is 1. The molecule has 0 aliphatic heterocycles. The molecule has 1 heterocycles. The fourth-order valence-electron chi connectivity index (χ4n) is 1.48. The van der Waals surface area contributed by atoms with Crippen molar-refractivity contribution in [3.8, 4) is 0 Å². The quantitative estimate of drug-likeness (QED) is 0.553. The average Bonchev–Trinajstić information content (AvgIpc) is 2.67. The largest absolute Gasteiger partial charge is 0.399 e. The van der Waals surface area contributed by atoms with Crippen LogP contribution in [0.3, 0.4) is 0 Å². The lowest BCUT2D eigenvalue weighted by molar-refractivity contribution is 0.204. The van der Waals surface area contributed by atoms with Crippen LogP contribution in [0.1, 0.15) is 11.7 Å². The van der Waals surface area contributed by atoms with E-state index in [1.165, 1.54) is 16.3 Å². The Kier molecular flexibility index (Phi) is 3.73. The van der Waals surface area contributed by atoms with Crippen LogP contribution < -0.4 is 11.4 Å². The number of thioether (sulfide) groups is 1. The van der Waals surface area contributed by atoms with Gasteiger partial charge in [0.2, 0.25) is 0 Å². The van der Waals surface area contributed by atoms with E-state index in [9.17, 15) is 9.90 Å². The summed E-state index contributed by atoms with van der Waals surface area (Å²) in [6, 6.07) is 7.10. The van der Waals surface area contributed by atoms with Gasteiger partial charge >= 0.3 is 5.69 Å². The third-order valence-corrected chi connectivity index (χ3v) is 3.61. The van der Waals surface area contributed by atoms with E-state index >= 15 is 0 Å². The van der Waals surface area contributed by atoms with Crippen LogP contribution in [0.2, 0.25) is 0 Å². The summed E-state index contributed by atoms with van der Waals surface area (Å²) in [5, 5.41) is 16.7. The van der Waals surface area contributed by atoms with Crippen LogP contribution in [0.25, 0.3) is 0 Å². The van der Waals surface area contributed by atoms with Crippen LogP contribution in [0.4, 0.5) is 5.69 Å². The molecule has 0 amide bonds. The molecule has 0 saturated heterocycles.